The lowest BCUT2D eigenvalue weighted by atomic mass is 9.96. The topological polar surface area (TPSA) is 135 Å². The molecule has 0 saturated carbocycles. The number of likely N-dealkylation sites (tertiary alicyclic amines) is 1. The average molecular weight is 495 g/mol. The number of alkyl halides is 1. The Morgan fingerprint density at radius 3 is 2.67 bits per heavy atom. The van der Waals surface area contributed by atoms with Crippen molar-refractivity contribution in [1.82, 2.24) is 20.2 Å². The van der Waals surface area contributed by atoms with Crippen LogP contribution in [0.3, 0.4) is 0 Å². The van der Waals surface area contributed by atoms with Crippen LogP contribution < -0.4 is 26.4 Å². The second kappa shape index (κ2) is 9.82. The molecule has 190 valence electrons. The third kappa shape index (κ3) is 4.76. The van der Waals surface area contributed by atoms with Crippen LogP contribution in [0.1, 0.15) is 31.2 Å². The van der Waals surface area contributed by atoms with Gasteiger partial charge in [-0.05, 0) is 31.9 Å². The number of rotatable bonds is 6. The van der Waals surface area contributed by atoms with Crippen molar-refractivity contribution in [3.63, 3.8) is 0 Å². The summed E-state index contributed by atoms with van der Waals surface area (Å²) in [6.45, 7) is 4.75. The quantitative estimate of drug-likeness (QED) is 0.311. The van der Waals surface area contributed by atoms with Crippen LogP contribution in [0.15, 0.2) is 41.8 Å². The lowest BCUT2D eigenvalue weighted by Gasteiger charge is -2.41. The molecule has 0 radical (unpaired) electrons. The number of carbonyl (C=O) groups is 1. The van der Waals surface area contributed by atoms with E-state index in [-0.39, 0.29) is 23.3 Å². The number of fused-ring (bicyclic) bond motifs is 1. The number of anilines is 2. The smallest absolute Gasteiger partial charge is 0.266 e. The van der Waals surface area contributed by atoms with Gasteiger partial charge < -0.3 is 21.5 Å². The van der Waals surface area contributed by atoms with Crippen molar-refractivity contribution in [2.75, 3.05) is 43.4 Å². The van der Waals surface area contributed by atoms with Crippen LogP contribution in [-0.2, 0) is 4.79 Å². The number of carbonyl (C=O) groups excluding carboxylic acids is 1. The molecule has 3 aliphatic heterocycles. The van der Waals surface area contributed by atoms with Crippen LogP contribution >= 0.6 is 0 Å². The Balaban J connectivity index is 1.30. The van der Waals surface area contributed by atoms with E-state index in [1.165, 1.54) is 11.1 Å². The molecule has 5 rings (SSSR count). The lowest BCUT2D eigenvalue weighted by Crippen LogP contribution is -2.62. The third-order valence-corrected chi connectivity index (χ3v) is 6.88. The SMILES string of the molecule is CC1Oc2cc(N)c(C=NC3CCN(CC4(F)CNC4)CC3)cc2N1C(=O)/C(=C/N)c1ncccn1. The van der Waals surface area contributed by atoms with Crippen LogP contribution in [0.2, 0.25) is 0 Å². The fraction of sp³-hybridized carbons (Fsp3) is 0.440. The first kappa shape index (κ1) is 24.1. The molecule has 0 spiro atoms. The Labute approximate surface area is 209 Å². The molecule has 10 nitrogen and oxygen atoms in total. The number of amides is 1. The van der Waals surface area contributed by atoms with E-state index in [0.717, 1.165) is 25.9 Å². The van der Waals surface area contributed by atoms with Crippen molar-refractivity contribution in [3.8, 4) is 5.75 Å². The summed E-state index contributed by atoms with van der Waals surface area (Å²) in [7, 11) is 0. The molecular formula is C25H31FN8O2. The maximum atomic E-state index is 14.4. The summed E-state index contributed by atoms with van der Waals surface area (Å²) in [4.78, 5) is 30.2. The largest absolute Gasteiger partial charge is 0.468 e. The summed E-state index contributed by atoms with van der Waals surface area (Å²) in [6, 6.07) is 5.32. The van der Waals surface area contributed by atoms with Gasteiger partial charge in [0.25, 0.3) is 5.91 Å². The Morgan fingerprint density at radius 1 is 1.31 bits per heavy atom. The maximum absolute atomic E-state index is 14.4. The van der Waals surface area contributed by atoms with Crippen LogP contribution in [0.25, 0.3) is 5.57 Å². The van der Waals surface area contributed by atoms with Gasteiger partial charge >= 0.3 is 0 Å². The standard InChI is InChI=1S/C25H31FN8O2/c1-16-34(24(35)19(11-27)23-30-5-2-6-31-23)21-9-17(20(28)10-22(21)36-16)12-32-18-3-7-33(8-4-18)15-25(26)13-29-14-25/h2,5-6,9-12,16,18,29H,3-4,7-8,13-15,27-28H2,1H3/b19-11+,32-12?. The van der Waals surface area contributed by atoms with E-state index < -0.39 is 11.9 Å². The number of hydrogen-bond acceptors (Lipinski definition) is 9. The van der Waals surface area contributed by atoms with Gasteiger partial charge in [-0.15, -0.1) is 0 Å². The molecule has 1 aromatic carbocycles. The molecule has 1 amide bonds. The summed E-state index contributed by atoms with van der Waals surface area (Å²) in [6.07, 6.45) is 7.23. The van der Waals surface area contributed by atoms with Crippen LogP contribution in [-0.4, -0.2) is 77.7 Å². The molecule has 1 aromatic heterocycles. The Hall–Kier alpha value is -3.57. The highest BCUT2D eigenvalue weighted by Gasteiger charge is 2.39. The highest BCUT2D eigenvalue weighted by Crippen LogP contribution is 2.41. The van der Waals surface area contributed by atoms with Gasteiger partial charge in [0, 0.05) is 74.8 Å². The number of hydrogen-bond donors (Lipinski definition) is 3. The van der Waals surface area contributed by atoms with Gasteiger partial charge in [0.2, 0.25) is 0 Å². The summed E-state index contributed by atoms with van der Waals surface area (Å²) < 4.78 is 20.3. The molecule has 4 heterocycles. The molecule has 36 heavy (non-hydrogen) atoms. The van der Waals surface area contributed by atoms with Gasteiger partial charge in [0.1, 0.15) is 17.0 Å². The van der Waals surface area contributed by atoms with Crippen LogP contribution in [0, 0.1) is 0 Å². The number of nitrogens with two attached hydrogens (primary N) is 2. The minimum atomic E-state index is -1.09. The van der Waals surface area contributed by atoms with E-state index in [0.29, 0.717) is 42.3 Å². The van der Waals surface area contributed by atoms with Crippen molar-refractivity contribution in [2.24, 2.45) is 10.7 Å². The Morgan fingerprint density at radius 2 is 2.03 bits per heavy atom. The van der Waals surface area contributed by atoms with Crippen molar-refractivity contribution < 1.29 is 13.9 Å². The monoisotopic (exact) mass is 494 g/mol. The number of nitrogens with one attached hydrogen (secondary N) is 1. The zero-order valence-electron chi connectivity index (χ0n) is 20.2. The normalized spacial score (nSPS) is 22.3. The van der Waals surface area contributed by atoms with Gasteiger partial charge in [-0.3, -0.25) is 19.6 Å². The summed E-state index contributed by atoms with van der Waals surface area (Å²) in [5, 5.41) is 3.01. The predicted octanol–water partition coefficient (Wildman–Crippen LogP) is 1.32. The van der Waals surface area contributed by atoms with Gasteiger partial charge in [-0.2, -0.15) is 0 Å². The molecule has 2 fully saturated rings. The second-order valence-electron chi connectivity index (χ2n) is 9.53. The van der Waals surface area contributed by atoms with Crippen molar-refractivity contribution in [3.05, 3.63) is 48.2 Å². The Kier molecular flexibility index (Phi) is 6.59. The molecule has 1 unspecified atom stereocenters. The molecule has 0 bridgehead atoms. The summed E-state index contributed by atoms with van der Waals surface area (Å²) in [5.74, 6) is 0.374. The molecule has 11 heteroatoms. The van der Waals surface area contributed by atoms with E-state index in [2.05, 4.69) is 20.2 Å². The van der Waals surface area contributed by atoms with Crippen LogP contribution in [0.4, 0.5) is 15.8 Å². The van der Waals surface area contributed by atoms with Gasteiger partial charge in [0.05, 0.1) is 11.7 Å². The van der Waals surface area contributed by atoms with Gasteiger partial charge in [0.15, 0.2) is 12.1 Å². The first-order chi connectivity index (χ1) is 17.4. The number of piperidine rings is 1. The minimum absolute atomic E-state index is 0.138. The lowest BCUT2D eigenvalue weighted by molar-refractivity contribution is -0.114. The number of nitrogen functional groups attached to an aromatic ring is 1. The summed E-state index contributed by atoms with van der Waals surface area (Å²) in [5.41, 5.74) is 12.9. The van der Waals surface area contributed by atoms with Crippen molar-refractivity contribution in [1.29, 1.82) is 0 Å². The first-order valence-corrected chi connectivity index (χ1v) is 12.1. The zero-order valence-corrected chi connectivity index (χ0v) is 20.2. The zero-order chi connectivity index (χ0) is 25.3. The van der Waals surface area contributed by atoms with E-state index in [1.54, 1.807) is 43.7 Å². The number of nitrogens with zero attached hydrogens (tertiary/aromatic N) is 5. The highest BCUT2D eigenvalue weighted by atomic mass is 19.1. The first-order valence-electron chi connectivity index (χ1n) is 12.1. The molecule has 5 N–H and O–H groups in total. The molecule has 1 atom stereocenters. The fourth-order valence-electron chi connectivity index (χ4n) is 4.83. The van der Waals surface area contributed by atoms with Gasteiger partial charge in [-0.25, -0.2) is 14.4 Å². The van der Waals surface area contributed by atoms with Crippen molar-refractivity contribution >= 4 is 29.1 Å². The number of aliphatic imine (C=N–C) groups is 1. The van der Waals surface area contributed by atoms with E-state index >= 15 is 0 Å². The average Bonchev–Trinajstić information content (AvgIpc) is 3.17. The van der Waals surface area contributed by atoms with E-state index in [1.807, 2.05) is 0 Å². The maximum Gasteiger partial charge on any atom is 0.266 e. The fourth-order valence-corrected chi connectivity index (χ4v) is 4.83. The number of benzene rings is 1. The number of aromatic nitrogens is 2. The number of halogens is 1. The predicted molar refractivity (Wildman–Crippen MR) is 136 cm³/mol. The van der Waals surface area contributed by atoms with E-state index in [9.17, 15) is 9.18 Å². The third-order valence-electron chi connectivity index (χ3n) is 6.88. The molecule has 2 aromatic rings. The minimum Gasteiger partial charge on any atom is -0.468 e. The van der Waals surface area contributed by atoms with Gasteiger partial charge in [-0.1, -0.05) is 0 Å². The highest BCUT2D eigenvalue weighted by molar-refractivity contribution is 6.26. The molecule has 0 aliphatic carbocycles. The number of ether oxygens (including phenoxy) is 1. The molecule has 3 aliphatic rings. The summed E-state index contributed by atoms with van der Waals surface area (Å²) >= 11 is 0. The molecule has 2 saturated heterocycles. The Bertz CT molecular complexity index is 1180. The second-order valence-corrected chi connectivity index (χ2v) is 9.53. The molecular weight excluding hydrogens is 463 g/mol. The van der Waals surface area contributed by atoms with Crippen molar-refractivity contribution in [2.45, 2.75) is 37.7 Å². The van der Waals surface area contributed by atoms with E-state index in [4.69, 9.17) is 21.2 Å². The van der Waals surface area contributed by atoms with Crippen LogP contribution in [0.5, 0.6) is 5.75 Å².